The second-order valence-electron chi connectivity index (χ2n) is 11.2. The van der Waals surface area contributed by atoms with E-state index in [-0.39, 0.29) is 45.3 Å². The minimum atomic E-state index is -1.53. The number of hydrogen-bond donors (Lipinski definition) is 5. The van der Waals surface area contributed by atoms with Gasteiger partial charge in [-0.3, -0.25) is 14.5 Å². The van der Waals surface area contributed by atoms with Crippen molar-refractivity contribution in [2.75, 3.05) is 18.0 Å². The van der Waals surface area contributed by atoms with Crippen LogP contribution in [0.1, 0.15) is 19.0 Å². The lowest BCUT2D eigenvalue weighted by Gasteiger charge is -2.50. The molecule has 3 aromatic rings. The number of aliphatic hydroxyl groups excluding tert-OH is 1. The van der Waals surface area contributed by atoms with E-state index in [1.54, 1.807) is 0 Å². The molecule has 6 rings (SSSR count). The van der Waals surface area contributed by atoms with Crippen LogP contribution in [-0.4, -0.2) is 96.1 Å². The number of carbonyl (C=O) groups excluding carboxylic acids is 3. The van der Waals surface area contributed by atoms with E-state index in [0.717, 1.165) is 27.3 Å². The Morgan fingerprint density at radius 3 is 2.83 bits per heavy atom. The third-order valence-corrected chi connectivity index (χ3v) is 10.4. The van der Waals surface area contributed by atoms with Crippen LogP contribution in [0.25, 0.3) is 11.0 Å². The number of oxime groups is 1. The fourth-order valence-corrected chi connectivity index (χ4v) is 7.99. The SMILES string of the molecule is C[C@H](O/N=C(\C(=O)N[C@@H]1C(=O)N2C(C(=O)[O-])=C(C[n+]3cccc4c3ccn4C[C@@H]3C[C@@H](O)CN3)CS[C@H]12)c1nc(N)sc1Cl)C(=O)O. The van der Waals surface area contributed by atoms with Gasteiger partial charge in [0.25, 0.3) is 11.8 Å². The minimum Gasteiger partial charge on any atom is -0.543 e. The van der Waals surface area contributed by atoms with Gasteiger partial charge in [0.1, 0.15) is 27.0 Å². The van der Waals surface area contributed by atoms with Gasteiger partial charge in [0.2, 0.25) is 11.6 Å². The Bertz CT molecular complexity index is 1840. The van der Waals surface area contributed by atoms with Crippen LogP contribution in [0.4, 0.5) is 5.13 Å². The molecule has 0 spiro atoms. The summed E-state index contributed by atoms with van der Waals surface area (Å²) in [7, 11) is 0. The predicted molar refractivity (Wildman–Crippen MR) is 168 cm³/mol. The fraction of sp³-hybridized carbons (Fsp3) is 0.393. The molecule has 2 fully saturated rings. The molecule has 5 atom stereocenters. The van der Waals surface area contributed by atoms with Crippen molar-refractivity contribution >= 4 is 80.3 Å². The number of carboxylic acid groups (broad SMARTS) is 2. The summed E-state index contributed by atoms with van der Waals surface area (Å²) in [6, 6.07) is 4.73. The number of anilines is 1. The number of β-lactam (4-membered cyclic amide) rings is 1. The van der Waals surface area contributed by atoms with E-state index in [9.17, 15) is 29.4 Å². The molecule has 0 bridgehead atoms. The third-order valence-electron chi connectivity index (χ3n) is 8.01. The lowest BCUT2D eigenvalue weighted by Crippen LogP contribution is -2.71. The van der Waals surface area contributed by atoms with Gasteiger partial charge in [-0.25, -0.2) is 9.78 Å². The number of pyridine rings is 1. The van der Waals surface area contributed by atoms with Crippen LogP contribution < -0.4 is 26.0 Å². The van der Waals surface area contributed by atoms with Gasteiger partial charge >= 0.3 is 5.97 Å². The smallest absolute Gasteiger partial charge is 0.347 e. The van der Waals surface area contributed by atoms with Gasteiger partial charge in [0.15, 0.2) is 23.6 Å². The average Bonchev–Trinajstić information content (AvgIpc) is 3.73. The molecule has 248 valence electrons. The molecule has 0 aliphatic carbocycles. The molecule has 0 radical (unpaired) electrons. The molecule has 0 unspecified atom stereocenters. The fourth-order valence-electron chi connectivity index (χ4n) is 5.73. The van der Waals surface area contributed by atoms with Crippen LogP contribution in [0.5, 0.6) is 0 Å². The van der Waals surface area contributed by atoms with Crippen LogP contribution in [0.15, 0.2) is 47.0 Å². The molecule has 3 aliphatic rings. The van der Waals surface area contributed by atoms with E-state index in [4.69, 9.17) is 27.3 Å². The number of carboxylic acids is 2. The average molecular weight is 705 g/mol. The zero-order chi connectivity index (χ0) is 33.6. The van der Waals surface area contributed by atoms with Crippen LogP contribution >= 0.6 is 34.7 Å². The van der Waals surface area contributed by atoms with Crippen LogP contribution in [-0.2, 0) is 37.1 Å². The maximum absolute atomic E-state index is 13.4. The van der Waals surface area contributed by atoms with Crippen molar-refractivity contribution in [1.29, 1.82) is 0 Å². The van der Waals surface area contributed by atoms with Crippen molar-refractivity contribution in [1.82, 2.24) is 25.1 Å². The number of fused-ring (bicyclic) bond motifs is 2. The zero-order valence-corrected chi connectivity index (χ0v) is 27.0. The highest BCUT2D eigenvalue weighted by Gasteiger charge is 2.53. The number of nitrogens with one attached hydrogen (secondary N) is 2. The summed E-state index contributed by atoms with van der Waals surface area (Å²) in [6.45, 7) is 2.58. The number of carbonyl (C=O) groups is 4. The molecule has 47 heavy (non-hydrogen) atoms. The molecule has 2 saturated heterocycles. The van der Waals surface area contributed by atoms with E-state index in [2.05, 4.69) is 25.3 Å². The van der Waals surface area contributed by atoms with Gasteiger partial charge < -0.3 is 45.9 Å². The van der Waals surface area contributed by atoms with Crippen molar-refractivity contribution in [3.05, 3.63) is 51.9 Å². The summed E-state index contributed by atoms with van der Waals surface area (Å²) in [6.07, 6.45) is 2.62. The largest absolute Gasteiger partial charge is 0.543 e. The van der Waals surface area contributed by atoms with Gasteiger partial charge in [0.05, 0.1) is 17.8 Å². The van der Waals surface area contributed by atoms with Crippen molar-refractivity contribution in [3.8, 4) is 0 Å². The number of nitrogen functional groups attached to an aromatic ring is 1. The Morgan fingerprint density at radius 1 is 1.38 bits per heavy atom. The second kappa shape index (κ2) is 13.1. The van der Waals surface area contributed by atoms with E-state index in [1.165, 1.54) is 18.7 Å². The van der Waals surface area contributed by atoms with Gasteiger partial charge in [-0.05, 0) is 19.4 Å². The van der Waals surface area contributed by atoms with Crippen molar-refractivity contribution in [2.24, 2.45) is 5.16 Å². The van der Waals surface area contributed by atoms with E-state index < -0.39 is 47.0 Å². The number of aromatic nitrogens is 3. The Hall–Kier alpha value is -4.23. The van der Waals surface area contributed by atoms with Gasteiger partial charge in [-0.2, -0.15) is 4.57 Å². The molecule has 6 heterocycles. The van der Waals surface area contributed by atoms with E-state index in [0.29, 0.717) is 25.1 Å². The number of aliphatic carboxylic acids is 2. The number of thioether (sulfide) groups is 1. The molecule has 2 amide bonds. The molecule has 19 heteroatoms. The van der Waals surface area contributed by atoms with Crippen molar-refractivity contribution in [2.45, 2.75) is 56.1 Å². The second-order valence-corrected chi connectivity index (χ2v) is 13.9. The number of nitrogens with zero attached hydrogens (tertiary/aromatic N) is 5. The molecular weight excluding hydrogens is 676 g/mol. The molecule has 16 nitrogen and oxygen atoms in total. The topological polar surface area (TPSA) is 228 Å². The van der Waals surface area contributed by atoms with Gasteiger partial charge in [-0.1, -0.05) is 28.1 Å². The summed E-state index contributed by atoms with van der Waals surface area (Å²) >= 11 is 8.29. The number of amides is 2. The van der Waals surface area contributed by atoms with Gasteiger partial charge in [0, 0.05) is 48.8 Å². The molecule has 0 saturated carbocycles. The van der Waals surface area contributed by atoms with Gasteiger partial charge in [-0.15, -0.1) is 11.8 Å². The number of rotatable bonds is 11. The van der Waals surface area contributed by atoms with Crippen molar-refractivity contribution in [3.63, 3.8) is 0 Å². The third kappa shape index (κ3) is 6.38. The lowest BCUT2D eigenvalue weighted by atomic mass is 10.0. The van der Waals surface area contributed by atoms with E-state index in [1.807, 2.05) is 35.2 Å². The molecule has 3 aromatic heterocycles. The number of thiazole rings is 1. The van der Waals surface area contributed by atoms with Crippen LogP contribution in [0.3, 0.4) is 0 Å². The highest BCUT2D eigenvalue weighted by molar-refractivity contribution is 8.00. The zero-order valence-electron chi connectivity index (χ0n) is 24.7. The van der Waals surface area contributed by atoms with Crippen LogP contribution in [0, 0.1) is 0 Å². The normalized spacial score (nSPS) is 23.4. The van der Waals surface area contributed by atoms with Crippen LogP contribution in [0.2, 0.25) is 4.34 Å². The molecular formula is C28H29ClN8O8S2. The number of nitrogens with two attached hydrogens (primary N) is 1. The highest BCUT2D eigenvalue weighted by atomic mass is 35.5. The maximum Gasteiger partial charge on any atom is 0.347 e. The predicted octanol–water partition coefficient (Wildman–Crippen LogP) is -1.36. The Kier molecular flexibility index (Phi) is 9.12. The number of hydrogen-bond acceptors (Lipinski definition) is 13. The summed E-state index contributed by atoms with van der Waals surface area (Å²) < 4.78 is 3.96. The minimum absolute atomic E-state index is 0.0116. The Labute approximate surface area is 279 Å². The first-order chi connectivity index (χ1) is 22.4. The summed E-state index contributed by atoms with van der Waals surface area (Å²) in [5.74, 6) is -4.27. The Balaban J connectivity index is 1.21. The molecule has 0 aromatic carbocycles. The quantitative estimate of drug-likeness (QED) is 0.0675. The number of halogens is 1. The first kappa shape index (κ1) is 32.7. The highest BCUT2D eigenvalue weighted by Crippen LogP contribution is 2.40. The monoisotopic (exact) mass is 704 g/mol. The van der Waals surface area contributed by atoms with Crippen molar-refractivity contribution < 1.29 is 43.9 Å². The maximum atomic E-state index is 13.4. The number of β-amino-alcohol motifs (C(OH)–C–C–N with tert-alkyl or cyclic N) is 1. The molecule has 3 aliphatic heterocycles. The summed E-state index contributed by atoms with van der Waals surface area (Å²) in [5.41, 5.74) is 7.01. The first-order valence-corrected chi connectivity index (χ1v) is 16.6. The first-order valence-electron chi connectivity index (χ1n) is 14.4. The lowest BCUT2D eigenvalue weighted by molar-refractivity contribution is -0.663. The molecule has 6 N–H and O–H groups in total. The van der Waals surface area contributed by atoms with E-state index >= 15 is 0 Å². The number of aliphatic hydroxyl groups is 1. The summed E-state index contributed by atoms with van der Waals surface area (Å²) in [4.78, 5) is 60.4. The Morgan fingerprint density at radius 2 is 2.17 bits per heavy atom. The summed E-state index contributed by atoms with van der Waals surface area (Å²) in [5, 5.41) is 40.2. The standard InChI is InChI=1S/C28H29ClN8O8S2/c1-12(26(41)42)45-34-19(18-22(29)47-28(30)33-18)23(39)32-20-24(40)37-21(27(43)44)13(11-46-25(20)37)9-35-5-2-3-16-17(35)4-6-36(16)10-14-7-15(38)8-31-14/h2-6,12,14-15,20,25,31,38H,7-11H2,1H3,(H4-,30,32,33,39,41,42,43,44)/b34-19-/t12-,14-,15+,20+,25+/m0/s1.